The predicted molar refractivity (Wildman–Crippen MR) is 51.2 cm³/mol. The summed E-state index contributed by atoms with van der Waals surface area (Å²) in [5.74, 6) is -0.253. The lowest BCUT2D eigenvalue weighted by Crippen LogP contribution is -2.45. The van der Waals surface area contributed by atoms with E-state index in [1.165, 1.54) is 6.42 Å². The molecule has 0 heterocycles. The summed E-state index contributed by atoms with van der Waals surface area (Å²) in [4.78, 5) is 11.4. The fraction of sp³-hybridized carbons (Fsp3) is 0.900. The molecule has 3 nitrogen and oxygen atoms in total. The average Bonchev–Trinajstić information content (AvgIpc) is 1.93. The maximum absolute atomic E-state index is 11.4. The predicted octanol–water partition coefficient (Wildman–Crippen LogP) is 1.46. The molecule has 1 aliphatic rings. The molecule has 0 aromatic carbocycles. The summed E-state index contributed by atoms with van der Waals surface area (Å²) in [5.41, 5.74) is 5.54. The Morgan fingerprint density at radius 1 is 1.46 bits per heavy atom. The van der Waals surface area contributed by atoms with Crippen molar-refractivity contribution in [2.75, 3.05) is 0 Å². The van der Waals surface area contributed by atoms with E-state index in [2.05, 4.69) is 0 Å². The van der Waals surface area contributed by atoms with E-state index in [0.717, 1.165) is 12.8 Å². The summed E-state index contributed by atoms with van der Waals surface area (Å²) < 4.78 is 5.21. The van der Waals surface area contributed by atoms with Gasteiger partial charge in [-0.05, 0) is 24.7 Å². The molecule has 0 aromatic heterocycles. The maximum Gasteiger partial charge on any atom is 0.323 e. The van der Waals surface area contributed by atoms with Gasteiger partial charge in [0.05, 0.1) is 0 Å². The molecule has 1 atom stereocenters. The second-order valence-corrected chi connectivity index (χ2v) is 4.83. The third-order valence-electron chi connectivity index (χ3n) is 2.52. The zero-order chi connectivity index (χ0) is 10.1. The summed E-state index contributed by atoms with van der Waals surface area (Å²) in [6, 6.07) is -0.506. The molecule has 1 rings (SSSR count). The van der Waals surface area contributed by atoms with Crippen molar-refractivity contribution in [3.8, 4) is 0 Å². The maximum atomic E-state index is 11.4. The minimum Gasteiger partial charge on any atom is -0.461 e. The smallest absolute Gasteiger partial charge is 0.323 e. The molecular weight excluding hydrogens is 166 g/mol. The number of carbonyl (C=O) groups is 1. The van der Waals surface area contributed by atoms with Crippen molar-refractivity contribution in [1.29, 1.82) is 0 Å². The second kappa shape index (κ2) is 3.66. The SMILES string of the molecule is CC(C)(C)[C@@H](N)C(=O)OC1CCC1. The summed E-state index contributed by atoms with van der Waals surface area (Å²) >= 11 is 0. The molecule has 0 unspecified atom stereocenters. The fourth-order valence-corrected chi connectivity index (χ4v) is 1.08. The molecule has 76 valence electrons. The van der Waals surface area contributed by atoms with Crippen LogP contribution in [0.5, 0.6) is 0 Å². The van der Waals surface area contributed by atoms with Crippen molar-refractivity contribution in [2.24, 2.45) is 11.1 Å². The molecule has 13 heavy (non-hydrogen) atoms. The Balaban J connectivity index is 2.37. The Labute approximate surface area is 79.6 Å². The lowest BCUT2D eigenvalue weighted by atomic mass is 9.87. The Kier molecular flexibility index (Phi) is 2.96. The Morgan fingerprint density at radius 3 is 2.31 bits per heavy atom. The Hall–Kier alpha value is -0.570. The molecule has 0 aliphatic heterocycles. The molecule has 0 amide bonds. The molecule has 0 bridgehead atoms. The van der Waals surface area contributed by atoms with Crippen LogP contribution in [0.1, 0.15) is 40.0 Å². The van der Waals surface area contributed by atoms with Crippen LogP contribution in [0.25, 0.3) is 0 Å². The van der Waals surface area contributed by atoms with Gasteiger partial charge >= 0.3 is 5.97 Å². The number of ether oxygens (including phenoxy) is 1. The third kappa shape index (κ3) is 2.69. The second-order valence-electron chi connectivity index (χ2n) is 4.83. The van der Waals surface area contributed by atoms with Crippen molar-refractivity contribution < 1.29 is 9.53 Å². The lowest BCUT2D eigenvalue weighted by molar-refractivity contribution is -0.157. The van der Waals surface area contributed by atoms with E-state index in [0.29, 0.717) is 0 Å². The van der Waals surface area contributed by atoms with E-state index in [1.807, 2.05) is 20.8 Å². The number of esters is 1. The van der Waals surface area contributed by atoms with Crippen molar-refractivity contribution in [3.05, 3.63) is 0 Å². The number of rotatable bonds is 2. The average molecular weight is 185 g/mol. The Bertz CT molecular complexity index is 192. The van der Waals surface area contributed by atoms with E-state index in [-0.39, 0.29) is 17.5 Å². The van der Waals surface area contributed by atoms with Crippen LogP contribution in [0.4, 0.5) is 0 Å². The van der Waals surface area contributed by atoms with Gasteiger partial charge in [0, 0.05) is 0 Å². The van der Waals surface area contributed by atoms with Gasteiger partial charge in [-0.25, -0.2) is 0 Å². The van der Waals surface area contributed by atoms with Crippen LogP contribution in [0, 0.1) is 5.41 Å². The largest absolute Gasteiger partial charge is 0.461 e. The van der Waals surface area contributed by atoms with Gasteiger partial charge in [-0.2, -0.15) is 0 Å². The van der Waals surface area contributed by atoms with Crippen molar-refractivity contribution in [3.63, 3.8) is 0 Å². The van der Waals surface area contributed by atoms with Crippen molar-refractivity contribution in [1.82, 2.24) is 0 Å². The standard InChI is InChI=1S/C10H19NO2/c1-10(2,3)8(11)9(12)13-7-5-4-6-7/h7-8H,4-6,11H2,1-3H3/t8-/m0/s1. The van der Waals surface area contributed by atoms with Crippen LogP contribution in [-0.2, 0) is 9.53 Å². The first-order chi connectivity index (χ1) is 5.91. The minimum atomic E-state index is -0.506. The zero-order valence-electron chi connectivity index (χ0n) is 8.67. The van der Waals surface area contributed by atoms with Gasteiger partial charge < -0.3 is 10.5 Å². The molecule has 0 radical (unpaired) electrons. The highest BCUT2D eigenvalue weighted by Gasteiger charge is 2.31. The van der Waals surface area contributed by atoms with Gasteiger partial charge in [0.25, 0.3) is 0 Å². The summed E-state index contributed by atoms with van der Waals surface area (Å²) in [6.07, 6.45) is 3.31. The van der Waals surface area contributed by atoms with Gasteiger partial charge in [0.15, 0.2) is 0 Å². The number of hydrogen-bond acceptors (Lipinski definition) is 3. The normalized spacial score (nSPS) is 20.6. The molecule has 1 saturated carbocycles. The molecule has 1 aliphatic carbocycles. The van der Waals surface area contributed by atoms with Crippen LogP contribution in [0.3, 0.4) is 0 Å². The quantitative estimate of drug-likeness (QED) is 0.662. The van der Waals surface area contributed by atoms with Gasteiger partial charge in [-0.3, -0.25) is 4.79 Å². The first-order valence-corrected chi connectivity index (χ1v) is 4.87. The molecule has 0 spiro atoms. The first-order valence-electron chi connectivity index (χ1n) is 4.87. The number of carbonyl (C=O) groups excluding carboxylic acids is 1. The molecule has 0 saturated heterocycles. The molecule has 0 aromatic rings. The molecule has 3 heteroatoms. The summed E-state index contributed by atoms with van der Waals surface area (Å²) in [6.45, 7) is 5.83. The van der Waals surface area contributed by atoms with Gasteiger partial charge in [-0.1, -0.05) is 20.8 Å². The van der Waals surface area contributed by atoms with Crippen molar-refractivity contribution >= 4 is 5.97 Å². The number of nitrogens with two attached hydrogens (primary N) is 1. The summed E-state index contributed by atoms with van der Waals surface area (Å²) in [7, 11) is 0. The van der Waals surface area contributed by atoms with Gasteiger partial charge in [0.1, 0.15) is 12.1 Å². The van der Waals surface area contributed by atoms with Gasteiger partial charge in [-0.15, -0.1) is 0 Å². The molecule has 1 fully saturated rings. The van der Waals surface area contributed by atoms with Crippen LogP contribution in [-0.4, -0.2) is 18.1 Å². The van der Waals surface area contributed by atoms with Crippen LogP contribution >= 0.6 is 0 Å². The van der Waals surface area contributed by atoms with E-state index >= 15 is 0 Å². The molecular formula is C10H19NO2. The Morgan fingerprint density at radius 2 is 2.00 bits per heavy atom. The van der Waals surface area contributed by atoms with E-state index < -0.39 is 6.04 Å². The minimum absolute atomic E-state index is 0.140. The molecule has 2 N–H and O–H groups in total. The summed E-state index contributed by atoms with van der Waals surface area (Å²) in [5, 5.41) is 0. The van der Waals surface area contributed by atoms with Crippen molar-refractivity contribution in [2.45, 2.75) is 52.2 Å². The monoisotopic (exact) mass is 185 g/mol. The van der Waals surface area contributed by atoms with Gasteiger partial charge in [0.2, 0.25) is 0 Å². The highest BCUT2D eigenvalue weighted by Crippen LogP contribution is 2.24. The van der Waals surface area contributed by atoms with E-state index in [4.69, 9.17) is 10.5 Å². The van der Waals surface area contributed by atoms with Crippen LogP contribution in [0.2, 0.25) is 0 Å². The fourth-order valence-electron chi connectivity index (χ4n) is 1.08. The van der Waals surface area contributed by atoms with Crippen LogP contribution in [0.15, 0.2) is 0 Å². The first kappa shape index (κ1) is 10.5. The van der Waals surface area contributed by atoms with E-state index in [9.17, 15) is 4.79 Å². The number of hydrogen-bond donors (Lipinski definition) is 1. The topological polar surface area (TPSA) is 52.3 Å². The van der Waals surface area contributed by atoms with E-state index in [1.54, 1.807) is 0 Å². The third-order valence-corrected chi connectivity index (χ3v) is 2.52. The zero-order valence-corrected chi connectivity index (χ0v) is 8.67. The van der Waals surface area contributed by atoms with Crippen LogP contribution < -0.4 is 5.73 Å². The lowest BCUT2D eigenvalue weighted by Gasteiger charge is -2.30. The highest BCUT2D eigenvalue weighted by atomic mass is 16.5. The highest BCUT2D eigenvalue weighted by molar-refractivity contribution is 5.76.